The van der Waals surface area contributed by atoms with Crippen molar-refractivity contribution in [2.45, 2.75) is 32.2 Å². The maximum atomic E-state index is 12.8. The molecule has 1 aromatic carbocycles. The number of carboxylic acid groups (broad SMARTS) is 1. The first-order chi connectivity index (χ1) is 18.4. The van der Waals surface area contributed by atoms with Crippen LogP contribution in [-0.2, 0) is 4.74 Å². The summed E-state index contributed by atoms with van der Waals surface area (Å²) in [5, 5.41) is 16.4. The fourth-order valence-electron chi connectivity index (χ4n) is 4.57. The number of rotatable bonds is 9. The van der Waals surface area contributed by atoms with E-state index >= 15 is 0 Å². The normalized spacial score (nSPS) is 17.5. The lowest BCUT2D eigenvalue weighted by Crippen LogP contribution is -2.49. The third-order valence-electron chi connectivity index (χ3n) is 6.46. The van der Waals surface area contributed by atoms with E-state index in [0.717, 1.165) is 13.0 Å². The van der Waals surface area contributed by atoms with E-state index in [4.69, 9.17) is 15.2 Å². The average Bonchev–Trinajstić information content (AvgIpc) is 2.92. The van der Waals surface area contributed by atoms with Crippen LogP contribution < -0.4 is 26.0 Å². The molecule has 12 nitrogen and oxygen atoms in total. The fraction of sp³-hybridized carbons (Fsp3) is 0.462. The molecule has 0 radical (unpaired) electrons. The minimum absolute atomic E-state index is 0.0165. The second-order valence-electron chi connectivity index (χ2n) is 9.18. The van der Waals surface area contributed by atoms with Crippen molar-refractivity contribution < 1.29 is 29.0 Å². The molecule has 3 heterocycles. The number of benzene rings is 1. The molecule has 12 heteroatoms. The van der Waals surface area contributed by atoms with E-state index in [1.54, 1.807) is 29.2 Å². The van der Waals surface area contributed by atoms with Crippen LogP contribution in [-0.4, -0.2) is 84.9 Å². The first-order valence-corrected chi connectivity index (χ1v) is 12.8. The number of hydrogen-bond donors (Lipinski definition) is 4. The van der Waals surface area contributed by atoms with Gasteiger partial charge in [0.25, 0.3) is 11.8 Å². The predicted octanol–water partition coefficient (Wildman–Crippen LogP) is 2.42. The van der Waals surface area contributed by atoms with Crippen LogP contribution in [0.25, 0.3) is 0 Å². The molecule has 5 N–H and O–H groups in total. The Balaban J connectivity index is 1.67. The number of morpholine rings is 1. The van der Waals surface area contributed by atoms with Crippen molar-refractivity contribution in [1.29, 1.82) is 0 Å². The van der Waals surface area contributed by atoms with Gasteiger partial charge in [0, 0.05) is 37.0 Å². The SMILES string of the molecule is CCCOc1nc(N(C(=O)O)C2CCCNC2)cc(Nc2ccc(C(=O)N3CCOCC3)cc2)c1C(N)=O. The molecule has 2 aliphatic rings. The Labute approximate surface area is 221 Å². The molecule has 4 rings (SSSR count). The molecule has 0 spiro atoms. The van der Waals surface area contributed by atoms with Crippen LogP contribution in [0.4, 0.5) is 22.0 Å². The third kappa shape index (κ3) is 6.32. The fourth-order valence-corrected chi connectivity index (χ4v) is 4.57. The summed E-state index contributed by atoms with van der Waals surface area (Å²) in [6.07, 6.45) is 0.996. The van der Waals surface area contributed by atoms with Gasteiger partial charge in [-0.3, -0.25) is 14.5 Å². The van der Waals surface area contributed by atoms with Crippen LogP contribution in [0.15, 0.2) is 30.3 Å². The predicted molar refractivity (Wildman–Crippen MR) is 141 cm³/mol. The first kappa shape index (κ1) is 27.1. The second kappa shape index (κ2) is 12.6. The Bertz CT molecular complexity index is 1150. The van der Waals surface area contributed by atoms with Crippen LogP contribution >= 0.6 is 0 Å². The number of nitrogens with zero attached hydrogens (tertiary/aromatic N) is 3. The first-order valence-electron chi connectivity index (χ1n) is 12.8. The van der Waals surface area contributed by atoms with Crippen molar-refractivity contribution in [2.24, 2.45) is 5.73 Å². The minimum Gasteiger partial charge on any atom is -0.477 e. The molecule has 0 bridgehead atoms. The number of amides is 3. The number of nitrogens with one attached hydrogen (secondary N) is 2. The minimum atomic E-state index is -1.16. The molecule has 0 saturated carbocycles. The lowest BCUT2D eigenvalue weighted by Gasteiger charge is -2.32. The molecule has 3 amide bonds. The number of primary amides is 1. The maximum absolute atomic E-state index is 12.8. The van der Waals surface area contributed by atoms with Gasteiger partial charge in [-0.05, 0) is 50.1 Å². The van der Waals surface area contributed by atoms with Gasteiger partial charge in [-0.25, -0.2) is 4.79 Å². The summed E-state index contributed by atoms with van der Waals surface area (Å²) in [4.78, 5) is 44.9. The summed E-state index contributed by atoms with van der Waals surface area (Å²) in [6.45, 7) is 5.58. The van der Waals surface area contributed by atoms with Gasteiger partial charge in [-0.1, -0.05) is 6.92 Å². The monoisotopic (exact) mass is 526 g/mol. The summed E-state index contributed by atoms with van der Waals surface area (Å²) in [7, 11) is 0. The molecule has 2 aromatic rings. The molecule has 2 saturated heterocycles. The van der Waals surface area contributed by atoms with Crippen LogP contribution in [0.1, 0.15) is 46.9 Å². The van der Waals surface area contributed by atoms with Crippen LogP contribution in [0, 0.1) is 0 Å². The molecule has 1 aromatic heterocycles. The van der Waals surface area contributed by atoms with Crippen molar-refractivity contribution >= 4 is 35.1 Å². The summed E-state index contributed by atoms with van der Waals surface area (Å²) < 4.78 is 11.1. The summed E-state index contributed by atoms with van der Waals surface area (Å²) >= 11 is 0. The maximum Gasteiger partial charge on any atom is 0.413 e. The van der Waals surface area contributed by atoms with Crippen molar-refractivity contribution in [3.05, 3.63) is 41.5 Å². The molecule has 1 atom stereocenters. The van der Waals surface area contributed by atoms with Gasteiger partial charge in [0.2, 0.25) is 5.88 Å². The van der Waals surface area contributed by atoms with Crippen molar-refractivity contribution in [3.63, 3.8) is 0 Å². The standard InChI is InChI=1S/C26H34N6O6/c1-2-12-38-24-22(23(27)33)20(15-21(30-24)32(26(35)36)19-4-3-9-28-16-19)29-18-7-5-17(6-8-18)25(34)31-10-13-37-14-11-31/h5-8,15,19,28H,2-4,9-14,16H2,1H3,(H2,27,33)(H,29,30)(H,35,36). The summed E-state index contributed by atoms with van der Waals surface area (Å²) in [5.74, 6) is -0.757. The van der Waals surface area contributed by atoms with Gasteiger partial charge in [0.15, 0.2) is 0 Å². The Morgan fingerprint density at radius 2 is 2.00 bits per heavy atom. The van der Waals surface area contributed by atoms with Gasteiger partial charge in [0.05, 0.1) is 31.5 Å². The Kier molecular flexibility index (Phi) is 8.98. The molecular formula is C26H34N6O6. The zero-order valence-corrected chi connectivity index (χ0v) is 21.4. The highest BCUT2D eigenvalue weighted by atomic mass is 16.5. The van der Waals surface area contributed by atoms with Crippen molar-refractivity contribution in [2.75, 3.05) is 56.2 Å². The van der Waals surface area contributed by atoms with Gasteiger partial charge in [-0.15, -0.1) is 0 Å². The van der Waals surface area contributed by atoms with Gasteiger partial charge >= 0.3 is 6.09 Å². The molecule has 2 aliphatic heterocycles. The van der Waals surface area contributed by atoms with Gasteiger partial charge < -0.3 is 35.8 Å². The second-order valence-corrected chi connectivity index (χ2v) is 9.18. The number of ether oxygens (including phenoxy) is 2. The Morgan fingerprint density at radius 3 is 2.61 bits per heavy atom. The molecule has 0 aliphatic carbocycles. The molecule has 38 heavy (non-hydrogen) atoms. The van der Waals surface area contributed by atoms with E-state index in [1.807, 2.05) is 6.92 Å². The number of pyridine rings is 1. The quantitative estimate of drug-likeness (QED) is 0.385. The highest BCUT2D eigenvalue weighted by Gasteiger charge is 2.30. The topological polar surface area (TPSA) is 159 Å². The molecule has 204 valence electrons. The Morgan fingerprint density at radius 1 is 1.26 bits per heavy atom. The smallest absolute Gasteiger partial charge is 0.413 e. The molecule has 2 fully saturated rings. The number of hydrogen-bond acceptors (Lipinski definition) is 8. The molecule has 1 unspecified atom stereocenters. The number of carbonyl (C=O) groups is 3. The summed E-state index contributed by atoms with van der Waals surface area (Å²) in [6, 6.07) is 7.98. The number of aromatic nitrogens is 1. The van der Waals surface area contributed by atoms with Crippen LogP contribution in [0.2, 0.25) is 0 Å². The number of anilines is 3. The Hall–Kier alpha value is -3.90. The molecular weight excluding hydrogens is 492 g/mol. The number of nitrogens with two attached hydrogens (primary N) is 1. The lowest BCUT2D eigenvalue weighted by atomic mass is 10.1. The zero-order valence-electron chi connectivity index (χ0n) is 21.4. The number of piperidine rings is 1. The van der Waals surface area contributed by atoms with Crippen LogP contribution in [0.5, 0.6) is 5.88 Å². The third-order valence-corrected chi connectivity index (χ3v) is 6.46. The van der Waals surface area contributed by atoms with Crippen molar-refractivity contribution in [3.8, 4) is 5.88 Å². The highest BCUT2D eigenvalue weighted by molar-refractivity contribution is 6.03. The summed E-state index contributed by atoms with van der Waals surface area (Å²) in [5.41, 5.74) is 7.09. The van der Waals surface area contributed by atoms with E-state index in [1.165, 1.54) is 11.0 Å². The van der Waals surface area contributed by atoms with E-state index in [0.29, 0.717) is 56.9 Å². The number of carbonyl (C=O) groups excluding carboxylic acids is 2. The van der Waals surface area contributed by atoms with Gasteiger partial charge in [0.1, 0.15) is 11.4 Å². The van der Waals surface area contributed by atoms with Crippen molar-refractivity contribution in [1.82, 2.24) is 15.2 Å². The average molecular weight is 527 g/mol. The van der Waals surface area contributed by atoms with E-state index in [9.17, 15) is 19.5 Å². The van der Waals surface area contributed by atoms with Gasteiger partial charge in [-0.2, -0.15) is 4.98 Å². The largest absolute Gasteiger partial charge is 0.477 e. The van der Waals surface area contributed by atoms with E-state index in [-0.39, 0.29) is 41.5 Å². The zero-order chi connectivity index (χ0) is 27.1. The van der Waals surface area contributed by atoms with Crippen LogP contribution in [0.3, 0.4) is 0 Å². The van der Waals surface area contributed by atoms with E-state index in [2.05, 4.69) is 15.6 Å². The lowest BCUT2D eigenvalue weighted by molar-refractivity contribution is 0.0303. The van der Waals surface area contributed by atoms with E-state index < -0.39 is 12.0 Å². The highest BCUT2D eigenvalue weighted by Crippen LogP contribution is 2.33.